The van der Waals surface area contributed by atoms with Crippen LogP contribution in [0.15, 0.2) is 22.8 Å². The minimum Gasteiger partial charge on any atom is -0.476 e. The summed E-state index contributed by atoms with van der Waals surface area (Å²) < 4.78 is 42.3. The number of aromatic nitrogens is 1. The predicted octanol–water partition coefficient (Wildman–Crippen LogP) is 1.90. The van der Waals surface area contributed by atoms with Crippen molar-refractivity contribution in [1.82, 2.24) is 10.4 Å². The number of alkyl halides is 3. The largest absolute Gasteiger partial charge is 0.476 e. The molecule has 0 spiro atoms. The third kappa shape index (κ3) is 2.78. The number of rotatable bonds is 2. The highest BCUT2D eigenvalue weighted by Crippen LogP contribution is 2.28. The Morgan fingerprint density at radius 3 is 2.74 bits per heavy atom. The Bertz CT molecular complexity index is 558. The number of hydrazone groups is 1. The molecule has 8 heteroatoms. The minimum absolute atomic E-state index is 0.0654. The highest BCUT2D eigenvalue weighted by Gasteiger charge is 2.32. The first kappa shape index (κ1) is 13.2. The summed E-state index contributed by atoms with van der Waals surface area (Å²) in [4.78, 5) is 13.6. The van der Waals surface area contributed by atoms with E-state index in [0.717, 1.165) is 6.07 Å². The maximum absolute atomic E-state index is 12.4. The molecule has 2 N–H and O–H groups in total. The Balaban J connectivity index is 2.27. The highest BCUT2D eigenvalue weighted by molar-refractivity contribution is 6.24. The second kappa shape index (κ2) is 4.79. The molecule has 0 radical (unpaired) electrons. The lowest BCUT2D eigenvalue weighted by Crippen LogP contribution is -2.14. The molecule has 1 aliphatic heterocycles. The number of carbonyl (C=O) groups is 1. The fraction of sp³-hybridized carbons (Fsp3) is 0.273. The molecule has 0 unspecified atom stereocenters. The van der Waals surface area contributed by atoms with E-state index in [9.17, 15) is 18.0 Å². The van der Waals surface area contributed by atoms with E-state index in [2.05, 4.69) is 15.5 Å². The fourth-order valence-electron chi connectivity index (χ4n) is 1.51. The van der Waals surface area contributed by atoms with E-state index in [1.807, 2.05) is 0 Å². The molecule has 0 saturated carbocycles. The lowest BCUT2D eigenvalue weighted by Gasteiger charge is -2.02. The van der Waals surface area contributed by atoms with Gasteiger partial charge in [0.2, 0.25) is 5.90 Å². The maximum atomic E-state index is 12.4. The number of aromatic amines is 1. The molecule has 5 nitrogen and oxygen atoms in total. The Morgan fingerprint density at radius 2 is 2.16 bits per heavy atom. The molecule has 0 atom stereocenters. The van der Waals surface area contributed by atoms with E-state index in [1.165, 1.54) is 12.1 Å². The lowest BCUT2D eigenvalue weighted by atomic mass is 10.2. The van der Waals surface area contributed by atoms with E-state index in [1.54, 1.807) is 6.92 Å². The van der Waals surface area contributed by atoms with Gasteiger partial charge in [-0.25, -0.2) is 5.43 Å². The SMILES string of the molecule is CCOC1=NNC(=O)/C1=C\c1ccc(C(F)(F)F)[nH]1. The molecule has 0 aromatic carbocycles. The summed E-state index contributed by atoms with van der Waals surface area (Å²) in [7, 11) is 0. The van der Waals surface area contributed by atoms with E-state index < -0.39 is 17.8 Å². The number of halogens is 3. The van der Waals surface area contributed by atoms with Gasteiger partial charge in [0.15, 0.2) is 0 Å². The van der Waals surface area contributed by atoms with E-state index in [0.29, 0.717) is 6.61 Å². The predicted molar refractivity (Wildman–Crippen MR) is 61.0 cm³/mol. The van der Waals surface area contributed by atoms with Crippen LogP contribution in [-0.4, -0.2) is 23.4 Å². The maximum Gasteiger partial charge on any atom is 0.431 e. The topological polar surface area (TPSA) is 66.5 Å². The third-order valence-corrected chi connectivity index (χ3v) is 2.33. The van der Waals surface area contributed by atoms with Crippen molar-refractivity contribution in [3.8, 4) is 0 Å². The van der Waals surface area contributed by atoms with Crippen molar-refractivity contribution in [1.29, 1.82) is 0 Å². The van der Waals surface area contributed by atoms with Gasteiger partial charge in [-0.2, -0.15) is 13.2 Å². The lowest BCUT2D eigenvalue weighted by molar-refractivity contribution is -0.140. The minimum atomic E-state index is -4.45. The van der Waals surface area contributed by atoms with Gasteiger partial charge >= 0.3 is 6.18 Å². The van der Waals surface area contributed by atoms with Gasteiger partial charge in [0, 0.05) is 5.69 Å². The van der Waals surface area contributed by atoms with Crippen LogP contribution in [0.2, 0.25) is 0 Å². The van der Waals surface area contributed by atoms with Crippen LogP contribution in [0.4, 0.5) is 13.2 Å². The van der Waals surface area contributed by atoms with Crippen molar-refractivity contribution < 1.29 is 22.7 Å². The van der Waals surface area contributed by atoms with Crippen LogP contribution in [0.25, 0.3) is 6.08 Å². The Morgan fingerprint density at radius 1 is 1.42 bits per heavy atom. The number of nitrogens with one attached hydrogen (secondary N) is 2. The summed E-state index contributed by atoms with van der Waals surface area (Å²) in [5.41, 5.74) is 1.53. The molecule has 1 aromatic heterocycles. The molecule has 102 valence electrons. The van der Waals surface area contributed by atoms with Crippen molar-refractivity contribution in [2.24, 2.45) is 5.10 Å². The van der Waals surface area contributed by atoms with Gasteiger partial charge in [-0.05, 0) is 25.1 Å². The average Bonchev–Trinajstić information content (AvgIpc) is 2.90. The zero-order valence-electron chi connectivity index (χ0n) is 9.84. The van der Waals surface area contributed by atoms with E-state index in [4.69, 9.17) is 4.74 Å². The molecule has 0 fully saturated rings. The summed E-state index contributed by atoms with van der Waals surface area (Å²) >= 11 is 0. The van der Waals surface area contributed by atoms with E-state index >= 15 is 0 Å². The standard InChI is InChI=1S/C11H10F3N3O2/c1-2-19-10-7(9(18)16-17-10)5-6-3-4-8(15-6)11(12,13)14/h3-5,15H,2H2,1H3,(H,16,18)/b7-5+. The van der Waals surface area contributed by atoms with Crippen molar-refractivity contribution in [2.45, 2.75) is 13.1 Å². The van der Waals surface area contributed by atoms with Gasteiger partial charge in [0.25, 0.3) is 5.91 Å². The third-order valence-electron chi connectivity index (χ3n) is 2.33. The van der Waals surface area contributed by atoms with Crippen molar-refractivity contribution in [3.63, 3.8) is 0 Å². The van der Waals surface area contributed by atoms with E-state index in [-0.39, 0.29) is 17.2 Å². The number of amides is 1. The summed E-state index contributed by atoms with van der Waals surface area (Å²) in [5.74, 6) is -0.456. The average molecular weight is 273 g/mol. The summed E-state index contributed by atoms with van der Waals surface area (Å²) in [6, 6.07) is 2.13. The smallest absolute Gasteiger partial charge is 0.431 e. The molecule has 2 heterocycles. The quantitative estimate of drug-likeness (QED) is 0.808. The number of hydrogen-bond acceptors (Lipinski definition) is 3. The zero-order chi connectivity index (χ0) is 14.0. The zero-order valence-corrected chi connectivity index (χ0v) is 9.84. The monoisotopic (exact) mass is 273 g/mol. The molecule has 1 amide bonds. The Kier molecular flexibility index (Phi) is 3.32. The van der Waals surface area contributed by atoms with Crippen molar-refractivity contribution >= 4 is 17.9 Å². The Hall–Kier alpha value is -2.25. The highest BCUT2D eigenvalue weighted by atomic mass is 19.4. The second-order valence-electron chi connectivity index (χ2n) is 3.67. The van der Waals surface area contributed by atoms with Crippen LogP contribution in [-0.2, 0) is 15.7 Å². The fourth-order valence-corrected chi connectivity index (χ4v) is 1.51. The summed E-state index contributed by atoms with van der Waals surface area (Å²) in [5, 5.41) is 3.63. The summed E-state index contributed by atoms with van der Waals surface area (Å²) in [6.07, 6.45) is -3.20. The number of H-pyrrole nitrogens is 1. The van der Waals surface area contributed by atoms with Crippen LogP contribution in [0, 0.1) is 0 Å². The molecular weight excluding hydrogens is 263 g/mol. The van der Waals surface area contributed by atoms with Gasteiger partial charge in [-0.3, -0.25) is 4.79 Å². The molecule has 2 rings (SSSR count). The molecule has 0 aliphatic carbocycles. The normalized spacial score (nSPS) is 17.6. The first-order valence-electron chi connectivity index (χ1n) is 5.41. The number of carbonyl (C=O) groups excluding carboxylic acids is 1. The van der Waals surface area contributed by atoms with Crippen LogP contribution in [0.3, 0.4) is 0 Å². The van der Waals surface area contributed by atoms with Crippen LogP contribution in [0.1, 0.15) is 18.3 Å². The van der Waals surface area contributed by atoms with Gasteiger partial charge in [-0.1, -0.05) is 0 Å². The van der Waals surface area contributed by atoms with Gasteiger partial charge in [0.1, 0.15) is 11.3 Å². The summed E-state index contributed by atoms with van der Waals surface area (Å²) in [6.45, 7) is 2.00. The van der Waals surface area contributed by atoms with Gasteiger partial charge in [0.05, 0.1) is 6.61 Å². The number of nitrogens with zero attached hydrogens (tertiary/aromatic N) is 1. The first-order valence-corrected chi connectivity index (χ1v) is 5.41. The molecule has 1 aromatic rings. The van der Waals surface area contributed by atoms with Crippen LogP contribution < -0.4 is 5.43 Å². The van der Waals surface area contributed by atoms with Crippen LogP contribution in [0.5, 0.6) is 0 Å². The van der Waals surface area contributed by atoms with Crippen molar-refractivity contribution in [2.75, 3.05) is 6.61 Å². The molecule has 1 aliphatic rings. The first-order chi connectivity index (χ1) is 8.91. The van der Waals surface area contributed by atoms with Gasteiger partial charge < -0.3 is 9.72 Å². The number of ether oxygens (including phenoxy) is 1. The number of hydrogen-bond donors (Lipinski definition) is 2. The molecule has 0 bridgehead atoms. The molecule has 0 saturated heterocycles. The van der Waals surface area contributed by atoms with Crippen molar-refractivity contribution in [3.05, 3.63) is 29.1 Å². The van der Waals surface area contributed by atoms with Gasteiger partial charge in [-0.15, -0.1) is 5.10 Å². The molecule has 19 heavy (non-hydrogen) atoms. The second-order valence-corrected chi connectivity index (χ2v) is 3.67. The molecular formula is C11H10F3N3O2. The van der Waals surface area contributed by atoms with Crippen LogP contribution >= 0.6 is 0 Å². The Labute approximate surface area is 106 Å².